The second-order valence-electron chi connectivity index (χ2n) is 4.92. The summed E-state index contributed by atoms with van der Waals surface area (Å²) in [5.74, 6) is 0.697. The number of sulfonamides is 1. The van der Waals surface area contributed by atoms with E-state index in [4.69, 9.17) is 9.47 Å². The van der Waals surface area contributed by atoms with E-state index in [1.54, 1.807) is 6.07 Å². The monoisotopic (exact) mass is 366 g/mol. The van der Waals surface area contributed by atoms with Gasteiger partial charge in [-0.3, -0.25) is 14.5 Å². The third-order valence-corrected chi connectivity index (χ3v) is 4.94. The van der Waals surface area contributed by atoms with Crippen LogP contribution in [0.15, 0.2) is 41.4 Å². The number of benzene rings is 1. The van der Waals surface area contributed by atoms with Crippen LogP contribution in [0.4, 0.5) is 5.69 Å². The summed E-state index contributed by atoms with van der Waals surface area (Å²) < 4.78 is 38.1. The molecule has 0 bridgehead atoms. The lowest BCUT2D eigenvalue weighted by molar-refractivity contribution is 0.101. The SMILES string of the molecule is O=C(CS)c1ccc(NS(=O)(=O)c2ccc3c(c2)OCCO3)cn1. The zero-order valence-electron chi connectivity index (χ0n) is 12.4. The first-order valence-corrected chi connectivity index (χ1v) is 9.14. The van der Waals surface area contributed by atoms with E-state index in [0.29, 0.717) is 24.7 Å². The van der Waals surface area contributed by atoms with Crippen molar-refractivity contribution in [2.24, 2.45) is 0 Å². The molecule has 0 atom stereocenters. The summed E-state index contributed by atoms with van der Waals surface area (Å²) in [5, 5.41) is 0. The van der Waals surface area contributed by atoms with Gasteiger partial charge in [0.1, 0.15) is 18.9 Å². The van der Waals surface area contributed by atoms with Crippen molar-refractivity contribution in [3.8, 4) is 11.5 Å². The molecule has 3 rings (SSSR count). The van der Waals surface area contributed by atoms with Gasteiger partial charge in [0, 0.05) is 6.07 Å². The largest absolute Gasteiger partial charge is 0.486 e. The van der Waals surface area contributed by atoms with E-state index in [1.807, 2.05) is 0 Å². The number of hydrogen-bond acceptors (Lipinski definition) is 7. The molecule has 0 fully saturated rings. The van der Waals surface area contributed by atoms with Gasteiger partial charge < -0.3 is 9.47 Å². The fourth-order valence-electron chi connectivity index (χ4n) is 2.11. The molecular weight excluding hydrogens is 352 g/mol. The highest BCUT2D eigenvalue weighted by molar-refractivity contribution is 7.92. The van der Waals surface area contributed by atoms with Gasteiger partial charge in [-0.15, -0.1) is 0 Å². The molecule has 2 aromatic rings. The molecule has 0 saturated heterocycles. The Balaban J connectivity index is 1.82. The third kappa shape index (κ3) is 3.46. The van der Waals surface area contributed by atoms with Crippen LogP contribution in [0.2, 0.25) is 0 Å². The van der Waals surface area contributed by atoms with Crippen molar-refractivity contribution < 1.29 is 22.7 Å². The molecule has 0 radical (unpaired) electrons. The number of aromatic nitrogens is 1. The molecule has 1 aromatic heterocycles. The Labute approximate surface area is 144 Å². The quantitative estimate of drug-likeness (QED) is 0.619. The predicted molar refractivity (Wildman–Crippen MR) is 90.7 cm³/mol. The maximum Gasteiger partial charge on any atom is 0.262 e. The number of nitrogens with zero attached hydrogens (tertiary/aromatic N) is 1. The fourth-order valence-corrected chi connectivity index (χ4v) is 3.33. The number of carbonyl (C=O) groups excluding carboxylic acids is 1. The van der Waals surface area contributed by atoms with E-state index in [1.165, 1.54) is 30.5 Å². The van der Waals surface area contributed by atoms with Gasteiger partial charge in [0.15, 0.2) is 17.3 Å². The van der Waals surface area contributed by atoms with Crippen LogP contribution in [-0.2, 0) is 10.0 Å². The molecule has 0 amide bonds. The van der Waals surface area contributed by atoms with E-state index < -0.39 is 10.0 Å². The van der Waals surface area contributed by atoms with Crippen LogP contribution in [0, 0.1) is 0 Å². The Morgan fingerprint density at radius 1 is 1.17 bits per heavy atom. The number of anilines is 1. The highest BCUT2D eigenvalue weighted by Gasteiger charge is 2.19. The number of hydrogen-bond donors (Lipinski definition) is 2. The normalized spacial score (nSPS) is 13.4. The lowest BCUT2D eigenvalue weighted by Crippen LogP contribution is -2.17. The molecule has 9 heteroatoms. The number of pyridine rings is 1. The smallest absolute Gasteiger partial charge is 0.262 e. The summed E-state index contributed by atoms with van der Waals surface area (Å²) >= 11 is 3.89. The second kappa shape index (κ2) is 6.70. The molecule has 7 nitrogen and oxygen atoms in total. The van der Waals surface area contributed by atoms with Gasteiger partial charge in [0.2, 0.25) is 0 Å². The Morgan fingerprint density at radius 3 is 2.58 bits per heavy atom. The zero-order valence-corrected chi connectivity index (χ0v) is 14.1. The lowest BCUT2D eigenvalue weighted by Gasteiger charge is -2.19. The standard InChI is InChI=1S/C15H14N2O5S2/c18-13(9-23)12-3-1-10(8-16-12)17-24(19,20)11-2-4-14-15(7-11)22-6-5-21-14/h1-4,7-8,17,23H,5-6,9H2. The van der Waals surface area contributed by atoms with Gasteiger partial charge in [-0.1, -0.05) is 0 Å². The number of ether oxygens (including phenoxy) is 2. The van der Waals surface area contributed by atoms with E-state index in [9.17, 15) is 13.2 Å². The van der Waals surface area contributed by atoms with Crippen molar-refractivity contribution in [1.82, 2.24) is 4.98 Å². The summed E-state index contributed by atoms with van der Waals surface area (Å²) in [6.45, 7) is 0.800. The van der Waals surface area contributed by atoms with Gasteiger partial charge in [0.25, 0.3) is 10.0 Å². The number of ketones is 1. The molecule has 1 N–H and O–H groups in total. The molecule has 0 aliphatic carbocycles. The van der Waals surface area contributed by atoms with E-state index >= 15 is 0 Å². The highest BCUT2D eigenvalue weighted by Crippen LogP contribution is 2.32. The van der Waals surface area contributed by atoms with Gasteiger partial charge in [-0.2, -0.15) is 12.6 Å². The lowest BCUT2D eigenvalue weighted by atomic mass is 10.2. The van der Waals surface area contributed by atoms with Crippen LogP contribution in [0.25, 0.3) is 0 Å². The molecule has 0 saturated carbocycles. The molecule has 24 heavy (non-hydrogen) atoms. The average Bonchev–Trinajstić information content (AvgIpc) is 2.61. The molecule has 126 valence electrons. The average molecular weight is 366 g/mol. The second-order valence-corrected chi connectivity index (χ2v) is 6.92. The van der Waals surface area contributed by atoms with Crippen LogP contribution in [0.5, 0.6) is 11.5 Å². The van der Waals surface area contributed by atoms with Crippen LogP contribution in [0.3, 0.4) is 0 Å². The first-order chi connectivity index (χ1) is 11.5. The Morgan fingerprint density at radius 2 is 1.92 bits per heavy atom. The molecule has 1 aromatic carbocycles. The molecule has 0 unspecified atom stereocenters. The third-order valence-electron chi connectivity index (χ3n) is 3.27. The number of nitrogens with one attached hydrogen (secondary N) is 1. The summed E-state index contributed by atoms with van der Waals surface area (Å²) in [6.07, 6.45) is 1.28. The summed E-state index contributed by atoms with van der Waals surface area (Å²) in [7, 11) is -3.81. The summed E-state index contributed by atoms with van der Waals surface area (Å²) in [4.78, 5) is 15.4. The number of Topliss-reactive ketones (excluding diaryl/α,β-unsaturated/α-hetero) is 1. The van der Waals surface area contributed by atoms with E-state index in [2.05, 4.69) is 22.3 Å². The van der Waals surface area contributed by atoms with Gasteiger partial charge >= 0.3 is 0 Å². The molecular formula is C15H14N2O5S2. The first-order valence-electron chi connectivity index (χ1n) is 7.02. The van der Waals surface area contributed by atoms with Crippen LogP contribution in [0.1, 0.15) is 10.5 Å². The molecule has 1 aliphatic heterocycles. The predicted octanol–water partition coefficient (Wildman–Crippen LogP) is 1.77. The van der Waals surface area contributed by atoms with Crippen molar-refractivity contribution in [1.29, 1.82) is 0 Å². The Hall–Kier alpha value is -2.26. The topological polar surface area (TPSA) is 94.6 Å². The number of fused-ring (bicyclic) bond motifs is 1. The zero-order chi connectivity index (χ0) is 17.2. The summed E-state index contributed by atoms with van der Waals surface area (Å²) in [5.41, 5.74) is 0.480. The number of thiol groups is 1. The number of carbonyl (C=O) groups is 1. The van der Waals surface area contributed by atoms with Crippen molar-refractivity contribution in [2.75, 3.05) is 23.7 Å². The van der Waals surface area contributed by atoms with Crippen molar-refractivity contribution in [3.05, 3.63) is 42.2 Å². The minimum Gasteiger partial charge on any atom is -0.486 e. The maximum absolute atomic E-state index is 12.4. The van der Waals surface area contributed by atoms with Crippen molar-refractivity contribution in [3.63, 3.8) is 0 Å². The van der Waals surface area contributed by atoms with Gasteiger partial charge in [-0.05, 0) is 24.3 Å². The molecule has 2 heterocycles. The van der Waals surface area contributed by atoms with Crippen LogP contribution >= 0.6 is 12.6 Å². The van der Waals surface area contributed by atoms with E-state index in [0.717, 1.165) is 0 Å². The summed E-state index contributed by atoms with van der Waals surface area (Å²) in [6, 6.07) is 7.31. The Bertz CT molecular complexity index is 866. The Kier molecular flexibility index (Phi) is 4.63. The maximum atomic E-state index is 12.4. The molecule has 1 aliphatic rings. The van der Waals surface area contributed by atoms with Crippen molar-refractivity contribution >= 4 is 34.1 Å². The molecule has 0 spiro atoms. The first kappa shape index (κ1) is 16.6. The fraction of sp³-hybridized carbons (Fsp3) is 0.200. The number of rotatable bonds is 5. The van der Waals surface area contributed by atoms with Crippen LogP contribution in [-0.4, -0.2) is 38.2 Å². The van der Waals surface area contributed by atoms with Crippen LogP contribution < -0.4 is 14.2 Å². The van der Waals surface area contributed by atoms with E-state index in [-0.39, 0.29) is 27.8 Å². The van der Waals surface area contributed by atoms with Crippen molar-refractivity contribution in [2.45, 2.75) is 4.90 Å². The van der Waals surface area contributed by atoms with Gasteiger partial charge in [-0.25, -0.2) is 8.42 Å². The highest BCUT2D eigenvalue weighted by atomic mass is 32.2. The minimum absolute atomic E-state index is 0.0370. The van der Waals surface area contributed by atoms with Gasteiger partial charge in [0.05, 0.1) is 22.5 Å². The minimum atomic E-state index is -3.81.